The van der Waals surface area contributed by atoms with Crippen LogP contribution in [-0.2, 0) is 16.1 Å². The molecule has 0 aliphatic heterocycles. The largest absolute Gasteiger partial charge is 0.480 e. The molecule has 2 N–H and O–H groups in total. The SMILES string of the molecule is CC(=O)Nc1c(C)nn(CC(=O)O)c1C. The molecule has 0 radical (unpaired) electrons. The van der Waals surface area contributed by atoms with Gasteiger partial charge in [0.25, 0.3) is 0 Å². The normalized spacial score (nSPS) is 10.1. The summed E-state index contributed by atoms with van der Waals surface area (Å²) in [5.41, 5.74) is 1.85. The van der Waals surface area contributed by atoms with Crippen LogP contribution in [0.3, 0.4) is 0 Å². The molecule has 1 heterocycles. The molecule has 0 saturated heterocycles. The second-order valence-corrected chi connectivity index (χ2v) is 3.28. The van der Waals surface area contributed by atoms with Gasteiger partial charge in [-0.05, 0) is 13.8 Å². The molecule has 0 atom stereocenters. The number of hydrogen-bond acceptors (Lipinski definition) is 3. The Balaban J connectivity index is 3.03. The molecule has 82 valence electrons. The van der Waals surface area contributed by atoms with Crippen molar-refractivity contribution >= 4 is 17.6 Å². The van der Waals surface area contributed by atoms with Gasteiger partial charge in [0.15, 0.2) is 0 Å². The van der Waals surface area contributed by atoms with Crippen LogP contribution < -0.4 is 5.32 Å². The Kier molecular flexibility index (Phi) is 3.08. The third-order valence-corrected chi connectivity index (χ3v) is 1.97. The summed E-state index contributed by atoms with van der Waals surface area (Å²) in [5.74, 6) is -1.16. The fourth-order valence-corrected chi connectivity index (χ4v) is 1.34. The van der Waals surface area contributed by atoms with Crippen LogP contribution in [-0.4, -0.2) is 26.8 Å². The number of carbonyl (C=O) groups is 2. The number of hydrogen-bond donors (Lipinski definition) is 2. The molecule has 6 heteroatoms. The van der Waals surface area contributed by atoms with Crippen molar-refractivity contribution in [2.45, 2.75) is 27.3 Å². The number of anilines is 1. The molecule has 0 aliphatic carbocycles. The molecule has 0 saturated carbocycles. The summed E-state index contributed by atoms with van der Waals surface area (Å²) in [7, 11) is 0. The smallest absolute Gasteiger partial charge is 0.325 e. The Morgan fingerprint density at radius 2 is 2.07 bits per heavy atom. The first kappa shape index (κ1) is 11.2. The second kappa shape index (κ2) is 4.12. The lowest BCUT2D eigenvalue weighted by atomic mass is 10.3. The van der Waals surface area contributed by atoms with E-state index in [9.17, 15) is 9.59 Å². The zero-order valence-corrected chi connectivity index (χ0v) is 8.87. The number of rotatable bonds is 3. The third kappa shape index (κ3) is 2.55. The van der Waals surface area contributed by atoms with E-state index in [0.29, 0.717) is 17.1 Å². The molecule has 0 unspecified atom stereocenters. The third-order valence-electron chi connectivity index (χ3n) is 1.97. The number of amides is 1. The van der Waals surface area contributed by atoms with Gasteiger partial charge in [0.1, 0.15) is 6.54 Å². The molecular weight excluding hydrogens is 198 g/mol. The van der Waals surface area contributed by atoms with E-state index in [2.05, 4.69) is 10.4 Å². The van der Waals surface area contributed by atoms with Gasteiger partial charge in [-0.15, -0.1) is 0 Å². The average Bonchev–Trinajstić information content (AvgIpc) is 2.31. The van der Waals surface area contributed by atoms with Gasteiger partial charge in [-0.3, -0.25) is 14.3 Å². The number of nitrogens with one attached hydrogen (secondary N) is 1. The van der Waals surface area contributed by atoms with E-state index >= 15 is 0 Å². The molecule has 6 nitrogen and oxygen atoms in total. The predicted octanol–water partition coefficient (Wildman–Crippen LogP) is 0.543. The summed E-state index contributed by atoms with van der Waals surface area (Å²) in [4.78, 5) is 21.4. The van der Waals surface area contributed by atoms with Gasteiger partial charge < -0.3 is 10.4 Å². The number of carboxylic acids is 1. The summed E-state index contributed by atoms with van der Waals surface area (Å²) in [5, 5.41) is 15.3. The lowest BCUT2D eigenvalue weighted by Gasteiger charge is -2.02. The minimum atomic E-state index is -0.963. The monoisotopic (exact) mass is 211 g/mol. The number of aryl methyl sites for hydroxylation is 1. The quantitative estimate of drug-likeness (QED) is 0.764. The van der Waals surface area contributed by atoms with Crippen LogP contribution >= 0.6 is 0 Å². The van der Waals surface area contributed by atoms with E-state index < -0.39 is 5.97 Å². The number of carbonyl (C=O) groups excluding carboxylic acids is 1. The molecule has 1 aromatic rings. The first-order chi connectivity index (χ1) is 6.91. The van der Waals surface area contributed by atoms with E-state index in [1.165, 1.54) is 11.6 Å². The molecule has 1 amide bonds. The van der Waals surface area contributed by atoms with Gasteiger partial charge in [0.2, 0.25) is 5.91 Å². The van der Waals surface area contributed by atoms with E-state index in [-0.39, 0.29) is 12.5 Å². The Hall–Kier alpha value is -1.85. The van der Waals surface area contributed by atoms with Gasteiger partial charge in [-0.25, -0.2) is 0 Å². The fourth-order valence-electron chi connectivity index (χ4n) is 1.34. The zero-order chi connectivity index (χ0) is 11.6. The summed E-state index contributed by atoms with van der Waals surface area (Å²) in [6, 6.07) is 0. The van der Waals surface area contributed by atoms with Crippen molar-refractivity contribution < 1.29 is 14.7 Å². The first-order valence-electron chi connectivity index (χ1n) is 4.45. The average molecular weight is 211 g/mol. The van der Waals surface area contributed by atoms with Crippen LogP contribution in [0.15, 0.2) is 0 Å². The van der Waals surface area contributed by atoms with E-state index in [0.717, 1.165) is 0 Å². The highest BCUT2D eigenvalue weighted by Gasteiger charge is 2.13. The van der Waals surface area contributed by atoms with Gasteiger partial charge in [-0.2, -0.15) is 5.10 Å². The van der Waals surface area contributed by atoms with Crippen molar-refractivity contribution in [3.63, 3.8) is 0 Å². The molecule has 1 rings (SSSR count). The zero-order valence-electron chi connectivity index (χ0n) is 8.87. The van der Waals surface area contributed by atoms with Crippen LogP contribution in [0.25, 0.3) is 0 Å². The van der Waals surface area contributed by atoms with Gasteiger partial charge >= 0.3 is 5.97 Å². The minimum absolute atomic E-state index is 0.198. The van der Waals surface area contributed by atoms with Crippen LogP contribution in [0, 0.1) is 13.8 Å². The Morgan fingerprint density at radius 1 is 1.47 bits per heavy atom. The van der Waals surface area contributed by atoms with Crippen LogP contribution in [0.5, 0.6) is 0 Å². The fraction of sp³-hybridized carbons (Fsp3) is 0.444. The van der Waals surface area contributed by atoms with E-state index in [4.69, 9.17) is 5.11 Å². The number of aromatic nitrogens is 2. The summed E-state index contributed by atoms with van der Waals surface area (Å²) in [6.45, 7) is 4.63. The first-order valence-corrected chi connectivity index (χ1v) is 4.45. The van der Waals surface area contributed by atoms with Crippen LogP contribution in [0.2, 0.25) is 0 Å². The molecule has 0 spiro atoms. The highest BCUT2D eigenvalue weighted by atomic mass is 16.4. The van der Waals surface area contributed by atoms with Crippen molar-refractivity contribution in [1.29, 1.82) is 0 Å². The van der Waals surface area contributed by atoms with Crippen LogP contribution in [0.4, 0.5) is 5.69 Å². The van der Waals surface area contributed by atoms with Crippen molar-refractivity contribution in [3.8, 4) is 0 Å². The lowest BCUT2D eigenvalue weighted by Crippen LogP contribution is -2.12. The Morgan fingerprint density at radius 3 is 2.53 bits per heavy atom. The molecule has 0 aliphatic rings. The highest BCUT2D eigenvalue weighted by Crippen LogP contribution is 2.18. The lowest BCUT2D eigenvalue weighted by molar-refractivity contribution is -0.137. The predicted molar refractivity (Wildman–Crippen MR) is 53.6 cm³/mol. The molecule has 0 fully saturated rings. The van der Waals surface area contributed by atoms with Crippen molar-refractivity contribution in [2.75, 3.05) is 5.32 Å². The standard InChI is InChI=1S/C9H13N3O3/c1-5-9(10-7(3)13)6(2)12(11-5)4-8(14)15/h4H2,1-3H3,(H,10,13)(H,14,15). The number of carboxylic acid groups (broad SMARTS) is 1. The summed E-state index contributed by atoms with van der Waals surface area (Å²) < 4.78 is 1.35. The van der Waals surface area contributed by atoms with Crippen molar-refractivity contribution in [2.24, 2.45) is 0 Å². The molecule has 0 aromatic carbocycles. The summed E-state index contributed by atoms with van der Waals surface area (Å²) in [6.07, 6.45) is 0. The van der Waals surface area contributed by atoms with E-state index in [1.54, 1.807) is 13.8 Å². The minimum Gasteiger partial charge on any atom is -0.480 e. The Labute approximate surface area is 86.9 Å². The highest BCUT2D eigenvalue weighted by molar-refractivity contribution is 5.90. The molecule has 15 heavy (non-hydrogen) atoms. The molecular formula is C9H13N3O3. The second-order valence-electron chi connectivity index (χ2n) is 3.28. The topological polar surface area (TPSA) is 84.2 Å². The maximum atomic E-state index is 10.9. The van der Waals surface area contributed by atoms with Gasteiger partial charge in [0.05, 0.1) is 17.1 Å². The Bertz CT molecular complexity index is 409. The van der Waals surface area contributed by atoms with Crippen molar-refractivity contribution in [3.05, 3.63) is 11.4 Å². The van der Waals surface area contributed by atoms with Gasteiger partial charge in [0, 0.05) is 6.92 Å². The molecule has 1 aromatic heterocycles. The molecule has 0 bridgehead atoms. The van der Waals surface area contributed by atoms with E-state index in [1.807, 2.05) is 0 Å². The maximum absolute atomic E-state index is 10.9. The van der Waals surface area contributed by atoms with Crippen molar-refractivity contribution in [1.82, 2.24) is 9.78 Å². The number of nitrogens with zero attached hydrogens (tertiary/aromatic N) is 2. The van der Waals surface area contributed by atoms with Gasteiger partial charge in [-0.1, -0.05) is 0 Å². The maximum Gasteiger partial charge on any atom is 0.325 e. The number of aliphatic carboxylic acids is 1. The summed E-state index contributed by atoms with van der Waals surface area (Å²) >= 11 is 0. The van der Waals surface area contributed by atoms with Crippen LogP contribution in [0.1, 0.15) is 18.3 Å².